The van der Waals surface area contributed by atoms with Crippen LogP contribution in [-0.4, -0.2) is 20.0 Å². The van der Waals surface area contributed by atoms with Crippen molar-refractivity contribution in [2.24, 2.45) is 0 Å². The molecule has 2 aromatic heterocycles. The van der Waals surface area contributed by atoms with E-state index in [0.29, 0.717) is 0 Å². The minimum atomic E-state index is -0.434. The summed E-state index contributed by atoms with van der Waals surface area (Å²) in [6, 6.07) is 2.82. The van der Waals surface area contributed by atoms with Gasteiger partial charge in [-0.05, 0) is 12.1 Å². The molecule has 0 aliphatic heterocycles. The molecule has 0 spiro atoms. The van der Waals surface area contributed by atoms with Gasteiger partial charge in [0.05, 0.1) is 6.20 Å². The third-order valence-corrected chi connectivity index (χ3v) is 1.33. The molecular weight excluding hydrogens is 159 g/mol. The molecule has 59 valence electrons. The van der Waals surface area contributed by atoms with E-state index in [1.165, 1.54) is 29.2 Å². The van der Waals surface area contributed by atoms with E-state index in [4.69, 9.17) is 0 Å². The van der Waals surface area contributed by atoms with Crippen molar-refractivity contribution in [2.75, 3.05) is 0 Å². The van der Waals surface area contributed by atoms with Crippen LogP contribution in [0.2, 0.25) is 0 Å². The standard InChI is InChI=1S/C7H4FN4/c8-6-2-1-3-9-7(6)12-5-4-10-11-12/h1-3,5H. The first-order chi connectivity index (χ1) is 5.88. The van der Waals surface area contributed by atoms with E-state index in [1.54, 1.807) is 0 Å². The first-order valence-corrected chi connectivity index (χ1v) is 3.27. The van der Waals surface area contributed by atoms with Crippen molar-refractivity contribution in [2.45, 2.75) is 0 Å². The average molecular weight is 163 g/mol. The van der Waals surface area contributed by atoms with Gasteiger partial charge in [0.1, 0.15) is 6.20 Å². The van der Waals surface area contributed by atoms with Gasteiger partial charge in [-0.1, -0.05) is 5.21 Å². The van der Waals surface area contributed by atoms with Gasteiger partial charge in [0.25, 0.3) is 0 Å². The van der Waals surface area contributed by atoms with E-state index in [1.807, 2.05) is 0 Å². The van der Waals surface area contributed by atoms with Crippen LogP contribution in [0.5, 0.6) is 0 Å². The Balaban J connectivity index is 2.55. The SMILES string of the molecule is Fc1cccnc1-n1c[c]nn1. The maximum absolute atomic E-state index is 13.0. The Morgan fingerprint density at radius 3 is 3.08 bits per heavy atom. The summed E-state index contributed by atoms with van der Waals surface area (Å²) in [4.78, 5) is 3.79. The van der Waals surface area contributed by atoms with Crippen LogP contribution >= 0.6 is 0 Å². The van der Waals surface area contributed by atoms with E-state index in [2.05, 4.69) is 21.5 Å². The summed E-state index contributed by atoms with van der Waals surface area (Å²) < 4.78 is 14.2. The van der Waals surface area contributed by atoms with Gasteiger partial charge in [0.2, 0.25) is 0 Å². The smallest absolute Gasteiger partial charge is 0.191 e. The predicted molar refractivity (Wildman–Crippen MR) is 37.9 cm³/mol. The van der Waals surface area contributed by atoms with E-state index in [0.717, 1.165) is 0 Å². The summed E-state index contributed by atoms with van der Waals surface area (Å²) in [5, 5.41) is 6.98. The minimum Gasteiger partial charge on any atom is -0.235 e. The molecular formula is C7H4FN4. The highest BCUT2D eigenvalue weighted by atomic mass is 19.1. The molecule has 1 radical (unpaired) electrons. The number of rotatable bonds is 1. The van der Waals surface area contributed by atoms with Crippen LogP contribution in [0.1, 0.15) is 0 Å². The first kappa shape index (κ1) is 6.90. The predicted octanol–water partition coefficient (Wildman–Crippen LogP) is 0.602. The first-order valence-electron chi connectivity index (χ1n) is 3.27. The molecule has 0 aliphatic rings. The molecule has 0 atom stereocenters. The summed E-state index contributed by atoms with van der Waals surface area (Å²) in [7, 11) is 0. The van der Waals surface area contributed by atoms with Crippen molar-refractivity contribution < 1.29 is 4.39 Å². The van der Waals surface area contributed by atoms with Crippen LogP contribution < -0.4 is 0 Å². The zero-order valence-corrected chi connectivity index (χ0v) is 5.98. The lowest BCUT2D eigenvalue weighted by atomic mass is 10.4. The number of pyridine rings is 1. The molecule has 0 saturated heterocycles. The van der Waals surface area contributed by atoms with Crippen LogP contribution in [0.4, 0.5) is 4.39 Å². The van der Waals surface area contributed by atoms with Crippen LogP contribution in [0.15, 0.2) is 24.5 Å². The van der Waals surface area contributed by atoms with Crippen molar-refractivity contribution in [1.82, 2.24) is 20.0 Å². The average Bonchev–Trinajstić information content (AvgIpc) is 2.57. The Kier molecular flexibility index (Phi) is 1.55. The van der Waals surface area contributed by atoms with Gasteiger partial charge >= 0.3 is 0 Å². The quantitative estimate of drug-likeness (QED) is 0.618. The van der Waals surface area contributed by atoms with Gasteiger partial charge in [0, 0.05) is 6.20 Å². The lowest BCUT2D eigenvalue weighted by molar-refractivity contribution is 0.596. The molecule has 0 fully saturated rings. The second-order valence-electron chi connectivity index (χ2n) is 2.10. The molecule has 0 bridgehead atoms. The topological polar surface area (TPSA) is 43.6 Å². The van der Waals surface area contributed by atoms with Gasteiger partial charge in [0.15, 0.2) is 11.6 Å². The third kappa shape index (κ3) is 1.05. The molecule has 0 aliphatic carbocycles. The Morgan fingerprint density at radius 2 is 2.42 bits per heavy atom. The highest BCUT2D eigenvalue weighted by Crippen LogP contribution is 2.05. The van der Waals surface area contributed by atoms with Crippen molar-refractivity contribution >= 4 is 0 Å². The van der Waals surface area contributed by atoms with Gasteiger partial charge in [-0.15, -0.1) is 5.10 Å². The van der Waals surface area contributed by atoms with Crippen LogP contribution in [-0.2, 0) is 0 Å². The monoisotopic (exact) mass is 163 g/mol. The molecule has 0 amide bonds. The Hall–Kier alpha value is -1.78. The molecule has 0 unspecified atom stereocenters. The zero-order valence-electron chi connectivity index (χ0n) is 5.98. The molecule has 0 aromatic carbocycles. The largest absolute Gasteiger partial charge is 0.235 e. The Morgan fingerprint density at radius 1 is 1.50 bits per heavy atom. The Bertz CT molecular complexity index is 371. The maximum Gasteiger partial charge on any atom is 0.191 e. The van der Waals surface area contributed by atoms with E-state index in [-0.39, 0.29) is 5.82 Å². The highest BCUT2D eigenvalue weighted by molar-refractivity contribution is 5.21. The summed E-state index contributed by atoms with van der Waals surface area (Å²) in [5.41, 5.74) is 0. The molecule has 0 saturated carbocycles. The zero-order chi connectivity index (χ0) is 8.39. The molecule has 4 nitrogen and oxygen atoms in total. The molecule has 5 heteroatoms. The molecule has 12 heavy (non-hydrogen) atoms. The van der Waals surface area contributed by atoms with Crippen molar-refractivity contribution in [3.05, 3.63) is 36.5 Å². The summed E-state index contributed by atoms with van der Waals surface area (Å²) >= 11 is 0. The Labute approximate surface area is 67.7 Å². The van der Waals surface area contributed by atoms with E-state index < -0.39 is 5.82 Å². The molecule has 2 rings (SSSR count). The van der Waals surface area contributed by atoms with Crippen LogP contribution in [0.25, 0.3) is 5.82 Å². The lowest BCUT2D eigenvalue weighted by Crippen LogP contribution is -2.00. The fourth-order valence-corrected chi connectivity index (χ4v) is 0.830. The van der Waals surface area contributed by atoms with E-state index in [9.17, 15) is 4.39 Å². The van der Waals surface area contributed by atoms with E-state index >= 15 is 0 Å². The summed E-state index contributed by atoms with van der Waals surface area (Å²) in [6.07, 6.45) is 5.34. The summed E-state index contributed by atoms with van der Waals surface area (Å²) in [6.45, 7) is 0. The second-order valence-corrected chi connectivity index (χ2v) is 2.10. The van der Waals surface area contributed by atoms with Gasteiger partial charge in [-0.2, -0.15) is 4.68 Å². The molecule has 2 heterocycles. The number of nitrogens with zero attached hydrogens (tertiary/aromatic N) is 4. The second kappa shape index (κ2) is 2.69. The van der Waals surface area contributed by atoms with Crippen LogP contribution in [0.3, 0.4) is 0 Å². The normalized spacial score (nSPS) is 10.1. The van der Waals surface area contributed by atoms with Crippen molar-refractivity contribution in [3.8, 4) is 5.82 Å². The molecule has 2 aromatic rings. The number of hydrogen-bond acceptors (Lipinski definition) is 3. The van der Waals surface area contributed by atoms with Gasteiger partial charge < -0.3 is 0 Å². The fraction of sp³-hybridized carbons (Fsp3) is 0. The maximum atomic E-state index is 13.0. The van der Waals surface area contributed by atoms with Gasteiger partial charge in [-0.3, -0.25) is 0 Å². The van der Waals surface area contributed by atoms with Gasteiger partial charge in [-0.25, -0.2) is 9.37 Å². The minimum absolute atomic E-state index is 0.131. The molecule has 0 N–H and O–H groups in total. The number of halogens is 1. The fourth-order valence-electron chi connectivity index (χ4n) is 0.830. The van der Waals surface area contributed by atoms with Crippen molar-refractivity contribution in [3.63, 3.8) is 0 Å². The number of aromatic nitrogens is 4. The number of hydrogen-bond donors (Lipinski definition) is 0. The highest BCUT2D eigenvalue weighted by Gasteiger charge is 2.03. The third-order valence-electron chi connectivity index (χ3n) is 1.33. The van der Waals surface area contributed by atoms with Crippen molar-refractivity contribution in [1.29, 1.82) is 0 Å². The van der Waals surface area contributed by atoms with Crippen LogP contribution in [0, 0.1) is 12.0 Å². The lowest BCUT2D eigenvalue weighted by Gasteiger charge is -1.97. The summed E-state index contributed by atoms with van der Waals surface area (Å²) in [5.74, 6) is -0.303.